The van der Waals surface area contributed by atoms with Gasteiger partial charge in [-0.2, -0.15) is 0 Å². The summed E-state index contributed by atoms with van der Waals surface area (Å²) in [6, 6.07) is 3.93. The summed E-state index contributed by atoms with van der Waals surface area (Å²) in [4.78, 5) is 83.1. The van der Waals surface area contributed by atoms with E-state index in [-0.39, 0.29) is 6.07 Å². The van der Waals surface area contributed by atoms with Crippen LogP contribution in [0.15, 0.2) is 54.6 Å². The topological polar surface area (TPSA) is 531 Å². The van der Waals surface area contributed by atoms with E-state index in [1.807, 2.05) is 0 Å². The van der Waals surface area contributed by atoms with Gasteiger partial charge in [-0.1, -0.05) is 0 Å². The van der Waals surface area contributed by atoms with Crippen molar-refractivity contribution in [2.75, 3.05) is 6.61 Å². The first-order valence-corrected chi connectivity index (χ1v) is 21.6. The minimum Gasteiger partial charge on any atom is -0.504 e. The maximum Gasteiger partial charge on any atom is 0.342 e. The highest BCUT2D eigenvalue weighted by Crippen LogP contribution is 2.54. The van der Waals surface area contributed by atoms with E-state index in [0.29, 0.717) is 48.5 Å². The average molecular weight is 1110 g/mol. The Morgan fingerprint density at radius 1 is 0.430 bits per heavy atom. The number of fused-ring (bicyclic) bond motifs is 4. The lowest BCUT2D eigenvalue weighted by Gasteiger charge is -2.43. The van der Waals surface area contributed by atoms with Gasteiger partial charge in [0.25, 0.3) is 0 Å². The normalized spacial score (nSPS) is 17.7. The van der Waals surface area contributed by atoms with E-state index in [1.165, 1.54) is 0 Å². The first kappa shape index (κ1) is 53.8. The van der Waals surface area contributed by atoms with Gasteiger partial charge in [0, 0.05) is 17.2 Å². The molecule has 412 valence electrons. The lowest BCUT2D eigenvalue weighted by Crippen LogP contribution is -2.63. The number of phenolic OH excluding ortho intramolecular Hbond substituents is 17. The standard InChI is InChI=1S/C48H34O31/c49-17-3-12(4-18(50)29(17)58)43(68)77-40-39-26(10-73-45(70)14-7-21(53)31(60)34(63)27(14)28-15(46(71)76-39)8-22(54)32(61)35(28)64)74-48(79-44(69)13-5-19(51)30(59)20(52)6-13)41(40)78-47(72)16-9-23(55)33(62)36(65)37(16)75-38-24(56)1-11(42(66)67)2-25(38)57/h1-9,26,39-41,48-65H,10H2,(H,66,67). The van der Waals surface area contributed by atoms with E-state index < -0.39 is 227 Å². The molecule has 0 bridgehead atoms. The molecule has 0 saturated carbocycles. The second kappa shape index (κ2) is 20.0. The molecule has 2 heterocycles. The molecule has 1 fully saturated rings. The molecule has 0 amide bonds. The summed E-state index contributed by atoms with van der Waals surface area (Å²) in [7, 11) is 0. The van der Waals surface area contributed by atoms with E-state index in [2.05, 4.69) is 0 Å². The third kappa shape index (κ3) is 9.63. The Kier molecular flexibility index (Phi) is 13.6. The van der Waals surface area contributed by atoms with Crippen LogP contribution in [0.5, 0.6) is 109 Å². The number of carbonyl (C=O) groups excluding carboxylic acids is 5. The average Bonchev–Trinajstić information content (AvgIpc) is 3.66. The number of cyclic esters (lactones) is 1. The van der Waals surface area contributed by atoms with Gasteiger partial charge >= 0.3 is 35.8 Å². The van der Waals surface area contributed by atoms with Crippen molar-refractivity contribution in [2.45, 2.75) is 30.7 Å². The fourth-order valence-corrected chi connectivity index (χ4v) is 7.86. The maximum atomic E-state index is 14.7. The van der Waals surface area contributed by atoms with Gasteiger partial charge in [0.1, 0.15) is 18.3 Å². The molecule has 18 N–H and O–H groups in total. The Hall–Kier alpha value is -11.5. The molecule has 5 unspecified atom stereocenters. The summed E-state index contributed by atoms with van der Waals surface area (Å²) >= 11 is 0. The first-order chi connectivity index (χ1) is 37.1. The van der Waals surface area contributed by atoms with Crippen LogP contribution in [0.3, 0.4) is 0 Å². The van der Waals surface area contributed by atoms with Gasteiger partial charge in [0.05, 0.1) is 27.8 Å². The second-order valence-electron chi connectivity index (χ2n) is 16.6. The molecule has 6 aromatic rings. The van der Waals surface area contributed by atoms with Crippen molar-refractivity contribution < 1.29 is 154 Å². The molecule has 0 spiro atoms. The predicted octanol–water partition coefficient (Wildman–Crippen LogP) is 2.57. The number of ether oxygens (including phenoxy) is 7. The second-order valence-corrected chi connectivity index (χ2v) is 16.6. The Balaban J connectivity index is 1.35. The van der Waals surface area contributed by atoms with Gasteiger partial charge in [-0.15, -0.1) is 0 Å². The van der Waals surface area contributed by atoms with Crippen LogP contribution in [0.2, 0.25) is 0 Å². The van der Waals surface area contributed by atoms with Crippen LogP contribution in [0, 0.1) is 0 Å². The first-order valence-electron chi connectivity index (χ1n) is 21.6. The van der Waals surface area contributed by atoms with Crippen LogP contribution >= 0.6 is 0 Å². The van der Waals surface area contributed by atoms with Crippen LogP contribution in [0.1, 0.15) is 62.1 Å². The van der Waals surface area contributed by atoms with Crippen LogP contribution < -0.4 is 4.74 Å². The van der Waals surface area contributed by atoms with E-state index in [1.54, 1.807) is 0 Å². The van der Waals surface area contributed by atoms with Crippen molar-refractivity contribution in [2.24, 2.45) is 0 Å². The fraction of sp³-hybridized carbons (Fsp3) is 0.125. The summed E-state index contributed by atoms with van der Waals surface area (Å²) in [6.07, 6.45) is -13.3. The number of aromatic carboxylic acids is 1. The Bertz CT molecular complexity index is 3550. The van der Waals surface area contributed by atoms with Crippen LogP contribution in [0.4, 0.5) is 0 Å². The van der Waals surface area contributed by atoms with Crippen molar-refractivity contribution in [1.29, 1.82) is 0 Å². The molecule has 79 heavy (non-hydrogen) atoms. The Morgan fingerprint density at radius 3 is 1.34 bits per heavy atom. The molecule has 2 aliphatic rings. The Morgan fingerprint density at radius 2 is 0.848 bits per heavy atom. The predicted molar refractivity (Wildman–Crippen MR) is 245 cm³/mol. The lowest BCUT2D eigenvalue weighted by atomic mass is 9.92. The van der Waals surface area contributed by atoms with Crippen molar-refractivity contribution in [3.8, 4) is 120 Å². The zero-order valence-electron chi connectivity index (χ0n) is 38.6. The van der Waals surface area contributed by atoms with Crippen molar-refractivity contribution in [3.63, 3.8) is 0 Å². The quantitative estimate of drug-likeness (QED) is 0.0562. The van der Waals surface area contributed by atoms with Crippen LogP contribution in [-0.4, -0.2) is 165 Å². The molecular formula is C48H34O31. The van der Waals surface area contributed by atoms with E-state index in [0.717, 1.165) is 0 Å². The minimum absolute atomic E-state index is 0.269. The summed E-state index contributed by atoms with van der Waals surface area (Å²) < 4.78 is 39.1. The molecule has 31 nitrogen and oxygen atoms in total. The molecule has 0 aromatic heterocycles. The highest BCUT2D eigenvalue weighted by molar-refractivity contribution is 6.08. The van der Waals surface area contributed by atoms with Gasteiger partial charge in [-0.25, -0.2) is 28.8 Å². The Labute approximate surface area is 434 Å². The van der Waals surface area contributed by atoms with Crippen molar-refractivity contribution >= 4 is 35.8 Å². The minimum atomic E-state index is -2.83. The van der Waals surface area contributed by atoms with Gasteiger partial charge in [0.2, 0.25) is 41.1 Å². The van der Waals surface area contributed by atoms with Gasteiger partial charge in [-0.05, 0) is 48.5 Å². The molecule has 0 aliphatic carbocycles. The van der Waals surface area contributed by atoms with Gasteiger partial charge in [-0.3, -0.25) is 0 Å². The molecule has 31 heteroatoms. The summed E-state index contributed by atoms with van der Waals surface area (Å²) in [5.74, 6) is -36.0. The largest absolute Gasteiger partial charge is 0.504 e. The van der Waals surface area contributed by atoms with Crippen molar-refractivity contribution in [1.82, 2.24) is 0 Å². The highest BCUT2D eigenvalue weighted by atomic mass is 16.7. The number of benzene rings is 6. The smallest absolute Gasteiger partial charge is 0.342 e. The van der Waals surface area contributed by atoms with E-state index in [9.17, 15) is 121 Å². The third-order valence-corrected chi connectivity index (χ3v) is 11.7. The molecule has 2 aliphatic heterocycles. The molecule has 0 radical (unpaired) electrons. The monoisotopic (exact) mass is 1110 g/mol. The number of phenols is 17. The summed E-state index contributed by atoms with van der Waals surface area (Å²) in [5, 5.41) is 189. The van der Waals surface area contributed by atoms with Gasteiger partial charge in [0.15, 0.2) is 92.7 Å². The molecular weight excluding hydrogens is 1070 g/mol. The SMILES string of the molecule is O=C(O)c1cc(O)c(Oc2c(C(=O)OC3C(OC(=O)c4cc(O)c(O)c(O)c4)OC4COC(=O)c5cc(O)c(O)c(O)c5-c5c(cc(O)c(O)c5O)C(=O)OC4C3OC(=O)c3cc(O)c(O)c(O)c3)cc(O)c(O)c2O)c(O)c1. The van der Waals surface area contributed by atoms with Crippen LogP contribution in [-0.2, 0) is 28.4 Å². The number of carboxylic acid groups (broad SMARTS) is 1. The fourth-order valence-electron chi connectivity index (χ4n) is 7.86. The molecule has 1 saturated heterocycles. The van der Waals surface area contributed by atoms with E-state index >= 15 is 0 Å². The highest BCUT2D eigenvalue weighted by Gasteiger charge is 2.56. The van der Waals surface area contributed by atoms with Crippen molar-refractivity contribution in [3.05, 3.63) is 88.0 Å². The lowest BCUT2D eigenvalue weighted by molar-refractivity contribution is -0.282. The third-order valence-electron chi connectivity index (χ3n) is 11.7. The summed E-state index contributed by atoms with van der Waals surface area (Å²) in [6.45, 7) is -1.38. The number of esters is 5. The van der Waals surface area contributed by atoms with E-state index in [4.69, 9.17) is 33.2 Å². The number of hydrogen-bond donors (Lipinski definition) is 18. The molecule has 5 atom stereocenters. The van der Waals surface area contributed by atoms with Gasteiger partial charge < -0.3 is 125 Å². The number of rotatable bonds is 9. The summed E-state index contributed by atoms with van der Waals surface area (Å²) in [5.41, 5.74) is -8.43. The number of carboxylic acids is 1. The molecule has 6 aromatic carbocycles. The molecule has 8 rings (SSSR count). The zero-order chi connectivity index (χ0) is 58.0. The number of aromatic hydroxyl groups is 17. The number of carbonyl (C=O) groups is 6. The maximum absolute atomic E-state index is 14.7. The van der Waals surface area contributed by atoms with Crippen LogP contribution in [0.25, 0.3) is 11.1 Å². The zero-order valence-corrected chi connectivity index (χ0v) is 38.6. The number of hydrogen-bond acceptors (Lipinski definition) is 30.